The number of nitrogens with zero attached hydrogens (tertiary/aromatic N) is 4. The zero-order valence-electron chi connectivity index (χ0n) is 11.3. The lowest BCUT2D eigenvalue weighted by Crippen LogP contribution is -2.64. The first-order chi connectivity index (χ1) is 11.0. The maximum Gasteiger partial charge on any atom is 0.255 e. The summed E-state index contributed by atoms with van der Waals surface area (Å²) in [6, 6.07) is 6.38. The van der Waals surface area contributed by atoms with Crippen LogP contribution in [0.25, 0.3) is 11.3 Å². The third-order valence-electron chi connectivity index (χ3n) is 4.13. The highest BCUT2D eigenvalue weighted by molar-refractivity contribution is 6.11. The van der Waals surface area contributed by atoms with Gasteiger partial charge in [-0.25, -0.2) is 14.6 Å². The molecule has 1 aromatic carbocycles. The topological polar surface area (TPSA) is 146 Å². The van der Waals surface area contributed by atoms with E-state index in [9.17, 15) is 15.0 Å². The van der Waals surface area contributed by atoms with Gasteiger partial charge in [-0.2, -0.15) is 0 Å². The largest absolute Gasteiger partial charge is 0.363 e. The molecule has 0 unspecified atom stereocenters. The summed E-state index contributed by atoms with van der Waals surface area (Å²) in [4.78, 5) is 20.8. The molecule has 0 spiro atoms. The van der Waals surface area contributed by atoms with Gasteiger partial charge in [-0.15, -0.1) is 0 Å². The first kappa shape index (κ1) is 12.4. The summed E-state index contributed by atoms with van der Waals surface area (Å²) in [6.07, 6.45) is 0. The van der Waals surface area contributed by atoms with E-state index in [0.717, 1.165) is 0 Å². The van der Waals surface area contributed by atoms with Gasteiger partial charge >= 0.3 is 0 Å². The first-order valence-corrected chi connectivity index (χ1v) is 6.69. The second kappa shape index (κ2) is 3.62. The quantitative estimate of drug-likeness (QED) is 0.431. The number of anilines is 2. The minimum Gasteiger partial charge on any atom is -0.363 e. The number of fused-ring (bicyclic) bond motifs is 5. The Bertz CT molecular complexity index is 1000. The number of hydrogen-bond acceptors (Lipinski definition) is 10. The van der Waals surface area contributed by atoms with Gasteiger partial charge in [0.2, 0.25) is 22.8 Å². The maximum atomic E-state index is 12.6. The minimum absolute atomic E-state index is 0.0570. The van der Waals surface area contributed by atoms with Crippen LogP contribution in [-0.4, -0.2) is 42.0 Å². The molecule has 5 rings (SSSR count). The molecule has 0 radical (unpaired) electrons. The standard InChI is InChI=1S/C13H8N6O4/c20-7-5-3-1-2-4-6(5)12(21)13(7,22)17-9-8(16-12)14-10-11(15-9)19-23-18-10/h1-4,21-22H,(H,14,16,18)(H,15,17,19)/t12-,13+/m0/s1. The summed E-state index contributed by atoms with van der Waals surface area (Å²) in [7, 11) is 0. The van der Waals surface area contributed by atoms with Crippen LogP contribution in [0, 0.1) is 0 Å². The van der Waals surface area contributed by atoms with E-state index in [-0.39, 0.29) is 34.1 Å². The Morgan fingerprint density at radius 1 is 0.957 bits per heavy atom. The van der Waals surface area contributed by atoms with Crippen molar-refractivity contribution < 1.29 is 19.6 Å². The van der Waals surface area contributed by atoms with Crippen molar-refractivity contribution in [2.45, 2.75) is 11.4 Å². The predicted molar refractivity (Wildman–Crippen MR) is 74.3 cm³/mol. The van der Waals surface area contributed by atoms with Crippen molar-refractivity contribution in [1.29, 1.82) is 0 Å². The number of hydrogen-bond donors (Lipinski definition) is 4. The van der Waals surface area contributed by atoms with Crippen LogP contribution < -0.4 is 10.6 Å². The van der Waals surface area contributed by atoms with E-state index in [1.54, 1.807) is 18.2 Å². The minimum atomic E-state index is -2.32. The van der Waals surface area contributed by atoms with Gasteiger partial charge in [-0.05, 0) is 10.3 Å². The van der Waals surface area contributed by atoms with Gasteiger partial charge in [0.05, 0.1) is 0 Å². The number of carbonyl (C=O) groups excluding carboxylic acids is 1. The van der Waals surface area contributed by atoms with E-state index >= 15 is 0 Å². The van der Waals surface area contributed by atoms with Gasteiger partial charge in [0.1, 0.15) is 0 Å². The van der Waals surface area contributed by atoms with Crippen LogP contribution in [-0.2, 0) is 5.72 Å². The molecule has 2 aromatic heterocycles. The number of ketones is 1. The molecular formula is C13H8N6O4. The highest BCUT2D eigenvalue weighted by Gasteiger charge is 2.66. The number of aromatic nitrogens is 4. The summed E-state index contributed by atoms with van der Waals surface area (Å²) < 4.78 is 4.53. The molecule has 4 N–H and O–H groups in total. The summed E-state index contributed by atoms with van der Waals surface area (Å²) >= 11 is 0. The predicted octanol–water partition coefficient (Wildman–Crippen LogP) is -0.420. The van der Waals surface area contributed by atoms with Crippen LogP contribution in [0.3, 0.4) is 0 Å². The van der Waals surface area contributed by atoms with Gasteiger partial charge in [0.15, 0.2) is 11.6 Å². The Morgan fingerprint density at radius 2 is 1.57 bits per heavy atom. The van der Waals surface area contributed by atoms with Crippen molar-refractivity contribution >= 4 is 28.7 Å². The second-order valence-electron chi connectivity index (χ2n) is 5.38. The van der Waals surface area contributed by atoms with E-state index in [1.165, 1.54) is 6.07 Å². The van der Waals surface area contributed by atoms with Gasteiger partial charge in [-0.1, -0.05) is 24.3 Å². The zero-order valence-corrected chi connectivity index (χ0v) is 11.3. The fraction of sp³-hybridized carbons (Fsp3) is 0.154. The Kier molecular flexibility index (Phi) is 1.96. The van der Waals surface area contributed by atoms with E-state index < -0.39 is 17.2 Å². The van der Waals surface area contributed by atoms with Gasteiger partial charge in [-0.3, -0.25) is 4.79 Å². The molecule has 1 aliphatic heterocycles. The molecule has 3 aromatic rings. The van der Waals surface area contributed by atoms with Gasteiger partial charge in [0, 0.05) is 11.1 Å². The lowest BCUT2D eigenvalue weighted by atomic mass is 9.96. The number of benzene rings is 1. The summed E-state index contributed by atoms with van der Waals surface area (Å²) in [6.45, 7) is 0. The highest BCUT2D eigenvalue weighted by Crippen LogP contribution is 2.48. The highest BCUT2D eigenvalue weighted by atomic mass is 16.6. The fourth-order valence-electron chi connectivity index (χ4n) is 3.01. The SMILES string of the molecule is O=C1c2ccccc2[C@@]2(O)Nc3nc4nonc4nc3N[C@@]12O. The average Bonchev–Trinajstić information content (AvgIpc) is 3.05. The lowest BCUT2D eigenvalue weighted by Gasteiger charge is -2.42. The van der Waals surface area contributed by atoms with E-state index in [2.05, 4.69) is 35.5 Å². The second-order valence-corrected chi connectivity index (χ2v) is 5.38. The Hall–Kier alpha value is -3.11. The molecule has 2 atom stereocenters. The van der Waals surface area contributed by atoms with Crippen molar-refractivity contribution in [3.8, 4) is 0 Å². The van der Waals surface area contributed by atoms with Crippen LogP contribution in [0.15, 0.2) is 28.9 Å². The van der Waals surface area contributed by atoms with Crippen molar-refractivity contribution in [2.24, 2.45) is 0 Å². The molecule has 0 saturated carbocycles. The number of rotatable bonds is 0. The molecule has 0 saturated heterocycles. The molecule has 10 heteroatoms. The van der Waals surface area contributed by atoms with Crippen molar-refractivity contribution in [3.63, 3.8) is 0 Å². The summed E-state index contributed by atoms with van der Waals surface area (Å²) in [5, 5.41) is 34.2. The van der Waals surface area contributed by atoms with Crippen molar-refractivity contribution in [1.82, 2.24) is 20.3 Å². The van der Waals surface area contributed by atoms with E-state index in [4.69, 9.17) is 0 Å². The molecule has 0 amide bonds. The number of carbonyl (C=O) groups is 1. The number of Topliss-reactive ketones (excluding diaryl/α,β-unsaturated/α-hetero) is 1. The molecule has 1 aliphatic carbocycles. The number of nitrogens with one attached hydrogen (secondary N) is 2. The van der Waals surface area contributed by atoms with Crippen molar-refractivity contribution in [2.75, 3.05) is 10.6 Å². The normalized spacial score (nSPS) is 27.8. The van der Waals surface area contributed by atoms with Gasteiger partial charge < -0.3 is 20.8 Å². The van der Waals surface area contributed by atoms with Crippen LogP contribution in [0.4, 0.5) is 11.6 Å². The summed E-state index contributed by atoms with van der Waals surface area (Å²) in [5.41, 5.74) is -3.72. The Morgan fingerprint density at radius 3 is 2.26 bits per heavy atom. The molecular weight excluding hydrogens is 304 g/mol. The molecule has 3 heterocycles. The van der Waals surface area contributed by atoms with Crippen LogP contribution >= 0.6 is 0 Å². The monoisotopic (exact) mass is 312 g/mol. The molecule has 10 nitrogen and oxygen atoms in total. The fourth-order valence-corrected chi connectivity index (χ4v) is 3.01. The van der Waals surface area contributed by atoms with Crippen LogP contribution in [0.1, 0.15) is 15.9 Å². The van der Waals surface area contributed by atoms with E-state index in [0.29, 0.717) is 0 Å². The summed E-state index contributed by atoms with van der Waals surface area (Å²) in [5.74, 6) is -0.500. The van der Waals surface area contributed by atoms with Crippen LogP contribution in [0.5, 0.6) is 0 Å². The van der Waals surface area contributed by atoms with Crippen molar-refractivity contribution in [3.05, 3.63) is 35.4 Å². The first-order valence-electron chi connectivity index (χ1n) is 6.69. The number of aliphatic hydroxyl groups is 2. The smallest absolute Gasteiger partial charge is 0.255 e. The lowest BCUT2D eigenvalue weighted by molar-refractivity contribution is -0.0919. The van der Waals surface area contributed by atoms with Crippen LogP contribution in [0.2, 0.25) is 0 Å². The maximum absolute atomic E-state index is 12.6. The molecule has 23 heavy (non-hydrogen) atoms. The molecule has 0 fully saturated rings. The molecule has 2 aliphatic rings. The van der Waals surface area contributed by atoms with E-state index in [1.807, 2.05) is 0 Å². The Balaban J connectivity index is 1.78. The third kappa shape index (κ3) is 1.28. The van der Waals surface area contributed by atoms with Gasteiger partial charge in [0.25, 0.3) is 5.72 Å². The molecule has 114 valence electrons. The average molecular weight is 312 g/mol. The molecule has 0 bridgehead atoms. The Labute approximate surface area is 127 Å². The zero-order chi connectivity index (χ0) is 15.8. The third-order valence-corrected chi connectivity index (χ3v) is 4.13.